The summed E-state index contributed by atoms with van der Waals surface area (Å²) in [6, 6.07) is 0. The van der Waals surface area contributed by atoms with E-state index in [1.54, 1.807) is 7.11 Å². The fourth-order valence-corrected chi connectivity index (χ4v) is 1.19. The van der Waals surface area contributed by atoms with Gasteiger partial charge in [0.15, 0.2) is 0 Å². The highest BCUT2D eigenvalue weighted by Crippen LogP contribution is 1.97. The molecule has 92 valence electrons. The van der Waals surface area contributed by atoms with E-state index in [9.17, 15) is 0 Å². The van der Waals surface area contributed by atoms with E-state index in [1.165, 1.54) is 12.8 Å². The maximum Gasteiger partial charge on any atom is 0.0700 e. The van der Waals surface area contributed by atoms with E-state index in [2.05, 4.69) is 19.2 Å². The number of rotatable bonds is 11. The Hall–Kier alpha value is -0.120. The minimum Gasteiger partial charge on any atom is -0.382 e. The molecule has 0 aliphatic rings. The summed E-state index contributed by atoms with van der Waals surface area (Å²) in [5, 5.41) is 3.46. The van der Waals surface area contributed by atoms with Gasteiger partial charge in [0.25, 0.3) is 0 Å². The molecule has 3 heteroatoms. The summed E-state index contributed by atoms with van der Waals surface area (Å²) in [5.74, 6) is 0.794. The first-order chi connectivity index (χ1) is 7.31. The molecule has 0 saturated heterocycles. The van der Waals surface area contributed by atoms with Crippen LogP contribution in [0.3, 0.4) is 0 Å². The number of hydrogen-bond donors (Lipinski definition) is 1. The number of unbranched alkanes of at least 4 members (excludes halogenated alkanes) is 1. The van der Waals surface area contributed by atoms with Crippen LogP contribution in [0, 0.1) is 5.92 Å². The number of hydrogen-bond acceptors (Lipinski definition) is 3. The fraction of sp³-hybridized carbons (Fsp3) is 1.00. The average Bonchev–Trinajstić information content (AvgIpc) is 2.26. The highest BCUT2D eigenvalue weighted by atomic mass is 16.5. The van der Waals surface area contributed by atoms with E-state index in [1.807, 2.05) is 0 Å². The number of nitrogens with one attached hydrogen (secondary N) is 1. The van der Waals surface area contributed by atoms with Crippen LogP contribution < -0.4 is 5.32 Å². The predicted octanol–water partition coefficient (Wildman–Crippen LogP) is 2.07. The molecule has 1 N–H and O–H groups in total. The summed E-state index contributed by atoms with van der Waals surface area (Å²) < 4.78 is 10.3. The smallest absolute Gasteiger partial charge is 0.0700 e. The molecule has 0 fully saturated rings. The standard InChI is InChI=1S/C12H27NO2/c1-4-12(2)11-13-7-5-6-8-15-10-9-14-3/h12-13H,4-11H2,1-3H3. The van der Waals surface area contributed by atoms with Crippen molar-refractivity contribution in [1.29, 1.82) is 0 Å². The van der Waals surface area contributed by atoms with E-state index in [0.717, 1.165) is 38.6 Å². The molecule has 0 aromatic heterocycles. The Bertz CT molecular complexity index is 120. The van der Waals surface area contributed by atoms with Crippen LogP contribution in [0.25, 0.3) is 0 Å². The van der Waals surface area contributed by atoms with Crippen molar-refractivity contribution >= 4 is 0 Å². The SMILES string of the molecule is CCC(C)CNCCCCOCCOC. The lowest BCUT2D eigenvalue weighted by molar-refractivity contribution is 0.0688. The third-order valence-electron chi connectivity index (χ3n) is 2.51. The molecule has 0 amide bonds. The van der Waals surface area contributed by atoms with Gasteiger partial charge in [-0.05, 0) is 31.8 Å². The van der Waals surface area contributed by atoms with Crippen molar-refractivity contribution in [2.75, 3.05) is 40.0 Å². The topological polar surface area (TPSA) is 30.5 Å². The summed E-state index contributed by atoms with van der Waals surface area (Å²) >= 11 is 0. The second kappa shape index (κ2) is 12.0. The quantitative estimate of drug-likeness (QED) is 0.537. The van der Waals surface area contributed by atoms with Crippen molar-refractivity contribution in [2.24, 2.45) is 5.92 Å². The minimum absolute atomic E-state index is 0.701. The average molecular weight is 217 g/mol. The van der Waals surface area contributed by atoms with Crippen LogP contribution in [0.2, 0.25) is 0 Å². The molecule has 0 bridgehead atoms. The van der Waals surface area contributed by atoms with E-state index in [-0.39, 0.29) is 0 Å². The van der Waals surface area contributed by atoms with E-state index in [0.29, 0.717) is 6.61 Å². The van der Waals surface area contributed by atoms with Crippen LogP contribution in [-0.2, 0) is 9.47 Å². The van der Waals surface area contributed by atoms with Gasteiger partial charge in [0.1, 0.15) is 0 Å². The van der Waals surface area contributed by atoms with Crippen LogP contribution in [0.1, 0.15) is 33.1 Å². The summed E-state index contributed by atoms with van der Waals surface area (Å²) in [4.78, 5) is 0. The summed E-state index contributed by atoms with van der Waals surface area (Å²) in [7, 11) is 1.70. The van der Waals surface area contributed by atoms with E-state index < -0.39 is 0 Å². The zero-order chi connectivity index (χ0) is 11.4. The van der Waals surface area contributed by atoms with Crippen molar-refractivity contribution < 1.29 is 9.47 Å². The second-order valence-electron chi connectivity index (χ2n) is 4.03. The number of methoxy groups -OCH3 is 1. The predicted molar refractivity (Wildman–Crippen MR) is 64.3 cm³/mol. The molecule has 1 atom stereocenters. The van der Waals surface area contributed by atoms with Gasteiger partial charge in [-0.2, -0.15) is 0 Å². The van der Waals surface area contributed by atoms with Gasteiger partial charge in [-0.1, -0.05) is 20.3 Å². The molecule has 0 saturated carbocycles. The largest absolute Gasteiger partial charge is 0.382 e. The fourth-order valence-electron chi connectivity index (χ4n) is 1.19. The number of ether oxygens (including phenoxy) is 2. The lowest BCUT2D eigenvalue weighted by atomic mass is 10.1. The zero-order valence-electron chi connectivity index (χ0n) is 10.6. The summed E-state index contributed by atoms with van der Waals surface area (Å²) in [6.45, 7) is 9.04. The second-order valence-corrected chi connectivity index (χ2v) is 4.03. The molecule has 0 aliphatic heterocycles. The molecule has 15 heavy (non-hydrogen) atoms. The van der Waals surface area contributed by atoms with Crippen molar-refractivity contribution in [2.45, 2.75) is 33.1 Å². The molecular formula is C12H27NO2. The van der Waals surface area contributed by atoms with Crippen molar-refractivity contribution in [3.05, 3.63) is 0 Å². The van der Waals surface area contributed by atoms with E-state index in [4.69, 9.17) is 9.47 Å². The Morgan fingerprint density at radius 1 is 1.13 bits per heavy atom. The molecular weight excluding hydrogens is 190 g/mol. The Morgan fingerprint density at radius 2 is 1.93 bits per heavy atom. The van der Waals surface area contributed by atoms with E-state index >= 15 is 0 Å². The lowest BCUT2D eigenvalue weighted by Gasteiger charge is -2.09. The summed E-state index contributed by atoms with van der Waals surface area (Å²) in [6.07, 6.45) is 3.59. The molecule has 3 nitrogen and oxygen atoms in total. The van der Waals surface area contributed by atoms with Crippen LogP contribution >= 0.6 is 0 Å². The third kappa shape index (κ3) is 11.8. The molecule has 1 unspecified atom stereocenters. The van der Waals surface area contributed by atoms with Gasteiger partial charge in [-0.3, -0.25) is 0 Å². The molecule has 0 heterocycles. The van der Waals surface area contributed by atoms with Gasteiger partial charge >= 0.3 is 0 Å². The van der Waals surface area contributed by atoms with Gasteiger partial charge < -0.3 is 14.8 Å². The van der Waals surface area contributed by atoms with Gasteiger partial charge in [-0.25, -0.2) is 0 Å². The Morgan fingerprint density at radius 3 is 2.60 bits per heavy atom. The maximum atomic E-state index is 5.37. The zero-order valence-corrected chi connectivity index (χ0v) is 10.6. The first kappa shape index (κ1) is 14.9. The van der Waals surface area contributed by atoms with Crippen LogP contribution in [-0.4, -0.2) is 40.0 Å². The molecule has 0 rings (SSSR count). The molecule has 0 aliphatic carbocycles. The molecule has 0 radical (unpaired) electrons. The van der Waals surface area contributed by atoms with Crippen molar-refractivity contribution in [3.8, 4) is 0 Å². The minimum atomic E-state index is 0.701. The summed E-state index contributed by atoms with van der Waals surface area (Å²) in [5.41, 5.74) is 0. The van der Waals surface area contributed by atoms with Crippen LogP contribution in [0.15, 0.2) is 0 Å². The monoisotopic (exact) mass is 217 g/mol. The highest BCUT2D eigenvalue weighted by Gasteiger charge is 1.96. The van der Waals surface area contributed by atoms with Gasteiger partial charge in [0, 0.05) is 13.7 Å². The van der Waals surface area contributed by atoms with Crippen LogP contribution in [0.4, 0.5) is 0 Å². The lowest BCUT2D eigenvalue weighted by Crippen LogP contribution is -2.22. The first-order valence-electron chi connectivity index (χ1n) is 6.08. The van der Waals surface area contributed by atoms with Gasteiger partial charge in [0.2, 0.25) is 0 Å². The Labute approximate surface area is 94.5 Å². The third-order valence-corrected chi connectivity index (χ3v) is 2.51. The highest BCUT2D eigenvalue weighted by molar-refractivity contribution is 4.54. The maximum absolute atomic E-state index is 5.37. The molecule has 0 aromatic rings. The van der Waals surface area contributed by atoms with Gasteiger partial charge in [-0.15, -0.1) is 0 Å². The first-order valence-corrected chi connectivity index (χ1v) is 6.08. The molecule has 0 spiro atoms. The van der Waals surface area contributed by atoms with Gasteiger partial charge in [0.05, 0.1) is 13.2 Å². The Kier molecular flexibility index (Phi) is 11.9. The normalized spacial score (nSPS) is 13.0. The molecule has 0 aromatic carbocycles. The van der Waals surface area contributed by atoms with Crippen LogP contribution in [0.5, 0.6) is 0 Å². The Balaban J connectivity index is 2.92. The van der Waals surface area contributed by atoms with Crippen molar-refractivity contribution in [1.82, 2.24) is 5.32 Å². The van der Waals surface area contributed by atoms with Crippen molar-refractivity contribution in [3.63, 3.8) is 0 Å².